The van der Waals surface area contributed by atoms with Crippen LogP contribution in [0.1, 0.15) is 31.9 Å². The minimum absolute atomic E-state index is 0.168. The van der Waals surface area contributed by atoms with Crippen molar-refractivity contribution in [1.82, 2.24) is 15.1 Å². The lowest BCUT2D eigenvalue weighted by atomic mass is 10.0. The molecular weight excluding hydrogens is 241 g/mol. The lowest BCUT2D eigenvalue weighted by Gasteiger charge is -2.22. The van der Waals surface area contributed by atoms with E-state index in [4.69, 9.17) is 0 Å². The van der Waals surface area contributed by atoms with Crippen LogP contribution in [0.15, 0.2) is 42.7 Å². The molecule has 1 N–H and O–H groups in total. The van der Waals surface area contributed by atoms with E-state index < -0.39 is 0 Å². The first-order valence-electron chi connectivity index (χ1n) is 6.68. The van der Waals surface area contributed by atoms with Crippen molar-refractivity contribution in [3.8, 4) is 0 Å². The number of benzene rings is 1. The minimum Gasteiger partial charge on any atom is -0.306 e. The second kappa shape index (κ2) is 6.48. The zero-order valence-electron chi connectivity index (χ0n) is 11.4. The molecule has 0 aliphatic rings. The second-order valence-corrected chi connectivity index (χ2v) is 4.81. The summed E-state index contributed by atoms with van der Waals surface area (Å²) in [5.41, 5.74) is 0.995. The van der Waals surface area contributed by atoms with Crippen molar-refractivity contribution in [2.75, 3.05) is 0 Å². The van der Waals surface area contributed by atoms with Gasteiger partial charge in [-0.25, -0.2) is 4.39 Å². The van der Waals surface area contributed by atoms with Crippen LogP contribution in [0.3, 0.4) is 0 Å². The molecule has 4 heteroatoms. The van der Waals surface area contributed by atoms with E-state index in [9.17, 15) is 4.39 Å². The number of nitrogens with one attached hydrogen (secondary N) is 1. The first-order chi connectivity index (χ1) is 9.19. The van der Waals surface area contributed by atoms with Crippen LogP contribution in [-0.2, 0) is 6.54 Å². The number of hydrogen-bond donors (Lipinski definition) is 1. The summed E-state index contributed by atoms with van der Waals surface area (Å²) in [5, 5.41) is 7.71. The zero-order chi connectivity index (χ0) is 13.7. The molecule has 2 rings (SSSR count). The van der Waals surface area contributed by atoms with E-state index in [0.717, 1.165) is 18.5 Å². The van der Waals surface area contributed by atoms with Gasteiger partial charge in [-0.15, -0.1) is 0 Å². The van der Waals surface area contributed by atoms with Crippen molar-refractivity contribution in [3.05, 3.63) is 54.1 Å². The summed E-state index contributed by atoms with van der Waals surface area (Å²) in [5.74, 6) is -0.183. The fraction of sp³-hybridized carbons (Fsp3) is 0.400. The van der Waals surface area contributed by atoms with Crippen LogP contribution >= 0.6 is 0 Å². The van der Waals surface area contributed by atoms with E-state index >= 15 is 0 Å². The highest BCUT2D eigenvalue weighted by Crippen LogP contribution is 2.18. The lowest BCUT2D eigenvalue weighted by Crippen LogP contribution is -2.33. The van der Waals surface area contributed by atoms with Crippen molar-refractivity contribution in [2.24, 2.45) is 0 Å². The van der Waals surface area contributed by atoms with Crippen LogP contribution in [0.2, 0.25) is 0 Å². The topological polar surface area (TPSA) is 29.9 Å². The maximum atomic E-state index is 13.3. The van der Waals surface area contributed by atoms with Gasteiger partial charge >= 0.3 is 0 Å². The maximum absolute atomic E-state index is 13.3. The molecule has 0 fully saturated rings. The molecule has 1 aromatic heterocycles. The van der Waals surface area contributed by atoms with Crippen LogP contribution in [0.5, 0.6) is 0 Å². The van der Waals surface area contributed by atoms with Gasteiger partial charge in [-0.1, -0.05) is 19.1 Å². The normalized spacial score (nSPS) is 14.3. The van der Waals surface area contributed by atoms with Crippen molar-refractivity contribution in [3.63, 3.8) is 0 Å². The van der Waals surface area contributed by atoms with Gasteiger partial charge in [-0.05, 0) is 37.1 Å². The van der Waals surface area contributed by atoms with Gasteiger partial charge in [0.15, 0.2) is 0 Å². The van der Waals surface area contributed by atoms with Crippen LogP contribution in [-0.4, -0.2) is 15.8 Å². The van der Waals surface area contributed by atoms with E-state index in [0.29, 0.717) is 0 Å². The lowest BCUT2D eigenvalue weighted by molar-refractivity contribution is 0.392. The van der Waals surface area contributed by atoms with Gasteiger partial charge in [-0.3, -0.25) is 4.68 Å². The van der Waals surface area contributed by atoms with Crippen LogP contribution in [0.4, 0.5) is 4.39 Å². The number of hydrogen-bond acceptors (Lipinski definition) is 2. The monoisotopic (exact) mass is 261 g/mol. The van der Waals surface area contributed by atoms with Crippen molar-refractivity contribution < 1.29 is 4.39 Å². The maximum Gasteiger partial charge on any atom is 0.123 e. The van der Waals surface area contributed by atoms with E-state index in [2.05, 4.69) is 24.3 Å². The second-order valence-electron chi connectivity index (χ2n) is 4.81. The van der Waals surface area contributed by atoms with Gasteiger partial charge in [0.1, 0.15) is 5.82 Å². The molecule has 19 heavy (non-hydrogen) atoms. The van der Waals surface area contributed by atoms with Crippen molar-refractivity contribution in [2.45, 2.75) is 38.9 Å². The Hall–Kier alpha value is -1.68. The SMILES string of the molecule is CCC(NC(C)Cn1cccn1)c1cccc(F)c1. The molecule has 2 atom stereocenters. The molecule has 0 amide bonds. The number of halogens is 1. The van der Waals surface area contributed by atoms with Gasteiger partial charge in [0.2, 0.25) is 0 Å². The molecule has 102 valence electrons. The van der Waals surface area contributed by atoms with Crippen LogP contribution in [0, 0.1) is 5.82 Å². The van der Waals surface area contributed by atoms with E-state index in [1.807, 2.05) is 23.0 Å². The van der Waals surface area contributed by atoms with E-state index in [1.165, 1.54) is 6.07 Å². The standard InChI is InChI=1S/C15H20FN3/c1-3-15(13-6-4-7-14(16)10-13)18-12(2)11-19-9-5-8-17-19/h4-10,12,15,18H,3,11H2,1-2H3. The third-order valence-electron chi connectivity index (χ3n) is 3.17. The zero-order valence-corrected chi connectivity index (χ0v) is 11.4. The molecule has 3 nitrogen and oxygen atoms in total. The van der Waals surface area contributed by atoms with E-state index in [1.54, 1.807) is 18.3 Å². The minimum atomic E-state index is -0.183. The number of aromatic nitrogens is 2. The van der Waals surface area contributed by atoms with Gasteiger partial charge < -0.3 is 5.32 Å². The quantitative estimate of drug-likeness (QED) is 0.865. The molecule has 0 aliphatic heterocycles. The molecule has 0 saturated carbocycles. The van der Waals surface area contributed by atoms with Gasteiger partial charge in [0, 0.05) is 24.5 Å². The van der Waals surface area contributed by atoms with Gasteiger partial charge in [-0.2, -0.15) is 5.10 Å². The molecule has 0 aliphatic carbocycles. The largest absolute Gasteiger partial charge is 0.306 e. The Morgan fingerprint density at radius 3 is 2.84 bits per heavy atom. The molecule has 0 radical (unpaired) electrons. The molecular formula is C15H20FN3. The Balaban J connectivity index is 1.98. The Morgan fingerprint density at radius 2 is 2.21 bits per heavy atom. The number of rotatable bonds is 6. The highest BCUT2D eigenvalue weighted by atomic mass is 19.1. The molecule has 2 unspecified atom stereocenters. The summed E-state index contributed by atoms with van der Waals surface area (Å²) in [7, 11) is 0. The Bertz CT molecular complexity index is 496. The molecule has 1 aromatic carbocycles. The van der Waals surface area contributed by atoms with Gasteiger partial charge in [0.05, 0.1) is 6.54 Å². The smallest absolute Gasteiger partial charge is 0.123 e. The highest BCUT2D eigenvalue weighted by Gasteiger charge is 2.13. The summed E-state index contributed by atoms with van der Waals surface area (Å²) < 4.78 is 15.2. The predicted molar refractivity (Wildman–Crippen MR) is 74.3 cm³/mol. The molecule has 2 aromatic rings. The Morgan fingerprint density at radius 1 is 1.37 bits per heavy atom. The first-order valence-corrected chi connectivity index (χ1v) is 6.68. The third-order valence-corrected chi connectivity index (χ3v) is 3.17. The molecule has 0 bridgehead atoms. The average Bonchev–Trinajstić information content (AvgIpc) is 2.88. The fourth-order valence-electron chi connectivity index (χ4n) is 2.26. The summed E-state index contributed by atoms with van der Waals surface area (Å²) in [6.45, 7) is 5.02. The molecule has 0 saturated heterocycles. The summed E-state index contributed by atoms with van der Waals surface area (Å²) in [6.07, 6.45) is 4.64. The number of nitrogens with zero attached hydrogens (tertiary/aromatic N) is 2. The summed E-state index contributed by atoms with van der Waals surface area (Å²) in [6, 6.07) is 9.15. The molecule has 1 heterocycles. The summed E-state index contributed by atoms with van der Waals surface area (Å²) >= 11 is 0. The fourth-order valence-corrected chi connectivity index (χ4v) is 2.26. The van der Waals surface area contributed by atoms with Gasteiger partial charge in [0.25, 0.3) is 0 Å². The Kier molecular flexibility index (Phi) is 4.68. The van der Waals surface area contributed by atoms with Crippen LogP contribution in [0.25, 0.3) is 0 Å². The van der Waals surface area contributed by atoms with Crippen molar-refractivity contribution in [1.29, 1.82) is 0 Å². The first kappa shape index (κ1) is 13.7. The van der Waals surface area contributed by atoms with Crippen LogP contribution < -0.4 is 5.32 Å². The summed E-state index contributed by atoms with van der Waals surface area (Å²) in [4.78, 5) is 0. The third kappa shape index (κ3) is 3.89. The average molecular weight is 261 g/mol. The molecule has 0 spiro atoms. The van der Waals surface area contributed by atoms with Crippen molar-refractivity contribution >= 4 is 0 Å². The Labute approximate surface area is 113 Å². The van der Waals surface area contributed by atoms with E-state index in [-0.39, 0.29) is 17.9 Å². The predicted octanol–water partition coefficient (Wildman–Crippen LogP) is 3.15. The highest BCUT2D eigenvalue weighted by molar-refractivity contribution is 5.20.